The first-order valence-electron chi connectivity index (χ1n) is 9.16. The number of H-pyrrole nitrogens is 1. The lowest BCUT2D eigenvalue weighted by Gasteiger charge is -2.11. The van der Waals surface area contributed by atoms with Crippen molar-refractivity contribution in [3.05, 3.63) is 65.4 Å². The highest BCUT2D eigenvalue weighted by Crippen LogP contribution is 2.28. The molecule has 3 rings (SSSR count). The number of benzene rings is 2. The van der Waals surface area contributed by atoms with Gasteiger partial charge in [0.2, 0.25) is 5.78 Å². The molecule has 0 amide bonds. The van der Waals surface area contributed by atoms with Crippen molar-refractivity contribution in [2.75, 3.05) is 14.2 Å². The number of esters is 1. The van der Waals surface area contributed by atoms with Crippen LogP contribution in [0.4, 0.5) is 0 Å². The molecule has 2 aromatic carbocycles. The lowest BCUT2D eigenvalue weighted by atomic mass is 10.0. The molecule has 1 N–H and O–H groups in total. The van der Waals surface area contributed by atoms with Crippen molar-refractivity contribution in [1.82, 2.24) is 4.98 Å². The van der Waals surface area contributed by atoms with Crippen molar-refractivity contribution in [2.24, 2.45) is 0 Å². The molecule has 0 aliphatic rings. The zero-order valence-corrected chi connectivity index (χ0v) is 16.8. The number of aromatic nitrogens is 1. The molecule has 0 unspecified atom stereocenters. The third-order valence-corrected chi connectivity index (χ3v) is 4.62. The van der Waals surface area contributed by atoms with Crippen molar-refractivity contribution >= 4 is 28.7 Å². The second kappa shape index (κ2) is 8.65. The van der Waals surface area contributed by atoms with E-state index < -0.39 is 12.1 Å². The topological polar surface area (TPSA) is 77.6 Å². The molecule has 1 heterocycles. The molecule has 6 nitrogen and oxygen atoms in total. The summed E-state index contributed by atoms with van der Waals surface area (Å²) < 4.78 is 15.8. The number of ketones is 1. The summed E-state index contributed by atoms with van der Waals surface area (Å²) in [6, 6.07) is 12.8. The van der Waals surface area contributed by atoms with Crippen molar-refractivity contribution < 1.29 is 23.8 Å². The normalized spacial score (nSPS) is 12.1. The first-order valence-corrected chi connectivity index (χ1v) is 9.16. The molecular formula is C23H23NO5. The van der Waals surface area contributed by atoms with Crippen LogP contribution >= 0.6 is 0 Å². The number of aryl methyl sites for hydroxylation is 1. The molecule has 29 heavy (non-hydrogen) atoms. The summed E-state index contributed by atoms with van der Waals surface area (Å²) in [6.07, 6.45) is 1.97. The van der Waals surface area contributed by atoms with Gasteiger partial charge in [-0.25, -0.2) is 4.79 Å². The molecule has 1 atom stereocenters. The van der Waals surface area contributed by atoms with Gasteiger partial charge in [0.25, 0.3) is 0 Å². The lowest BCUT2D eigenvalue weighted by molar-refractivity contribution is -0.140. The summed E-state index contributed by atoms with van der Waals surface area (Å²) >= 11 is 0. The minimum atomic E-state index is -0.907. The number of methoxy groups -OCH3 is 2. The summed E-state index contributed by atoms with van der Waals surface area (Å²) in [6.45, 7) is 3.41. The zero-order valence-electron chi connectivity index (χ0n) is 16.8. The lowest BCUT2D eigenvalue weighted by Crippen LogP contribution is -2.24. The van der Waals surface area contributed by atoms with Gasteiger partial charge in [0.15, 0.2) is 17.6 Å². The van der Waals surface area contributed by atoms with Crippen LogP contribution in [-0.4, -0.2) is 37.1 Å². The number of carbonyl (C=O) groups excluding carboxylic acids is 2. The Hall–Kier alpha value is -3.54. The highest BCUT2D eigenvalue weighted by molar-refractivity contribution is 6.11. The largest absolute Gasteiger partial charge is 0.493 e. The second-order valence-electron chi connectivity index (χ2n) is 6.56. The van der Waals surface area contributed by atoms with E-state index in [-0.39, 0.29) is 5.78 Å². The van der Waals surface area contributed by atoms with Gasteiger partial charge < -0.3 is 19.2 Å². The van der Waals surface area contributed by atoms with Gasteiger partial charge in [0.1, 0.15) is 0 Å². The maximum Gasteiger partial charge on any atom is 0.331 e. The second-order valence-corrected chi connectivity index (χ2v) is 6.56. The van der Waals surface area contributed by atoms with E-state index >= 15 is 0 Å². The number of rotatable bonds is 7. The van der Waals surface area contributed by atoms with E-state index in [1.165, 1.54) is 6.08 Å². The SMILES string of the molecule is COc1ccc(/C=C/C(=O)O[C@H](C)C(=O)c2c(C)[nH]c3ccccc23)cc1OC. The summed E-state index contributed by atoms with van der Waals surface area (Å²) in [5.41, 5.74) is 2.91. The number of Topliss-reactive ketones (excluding diaryl/α,β-unsaturated/α-hetero) is 1. The molecule has 0 aliphatic carbocycles. The fraction of sp³-hybridized carbons (Fsp3) is 0.217. The Balaban J connectivity index is 1.71. The maximum atomic E-state index is 12.9. The quantitative estimate of drug-likeness (QED) is 0.367. The fourth-order valence-corrected chi connectivity index (χ4v) is 3.19. The Labute approximate surface area is 169 Å². The minimum Gasteiger partial charge on any atom is -0.493 e. The number of carbonyl (C=O) groups is 2. The van der Waals surface area contributed by atoms with Crippen LogP contribution in [0.25, 0.3) is 17.0 Å². The van der Waals surface area contributed by atoms with Crippen molar-refractivity contribution in [3.63, 3.8) is 0 Å². The van der Waals surface area contributed by atoms with Crippen LogP contribution in [0.2, 0.25) is 0 Å². The molecule has 0 aliphatic heterocycles. The molecule has 0 saturated heterocycles. The Kier molecular flexibility index (Phi) is 6.02. The van der Waals surface area contributed by atoms with Gasteiger partial charge in [0.05, 0.1) is 14.2 Å². The zero-order chi connectivity index (χ0) is 21.0. The molecule has 6 heteroatoms. The highest BCUT2D eigenvalue weighted by Gasteiger charge is 2.23. The summed E-state index contributed by atoms with van der Waals surface area (Å²) in [5, 5.41) is 0.818. The van der Waals surface area contributed by atoms with Crippen molar-refractivity contribution in [2.45, 2.75) is 20.0 Å². The smallest absolute Gasteiger partial charge is 0.331 e. The Morgan fingerprint density at radius 1 is 1.03 bits per heavy atom. The highest BCUT2D eigenvalue weighted by atomic mass is 16.5. The maximum absolute atomic E-state index is 12.9. The third-order valence-electron chi connectivity index (χ3n) is 4.62. The number of aromatic amines is 1. The number of para-hydroxylation sites is 1. The Morgan fingerprint density at radius 3 is 2.48 bits per heavy atom. The van der Waals surface area contributed by atoms with Gasteiger partial charge in [-0.15, -0.1) is 0 Å². The van der Waals surface area contributed by atoms with Gasteiger partial charge >= 0.3 is 5.97 Å². The number of fused-ring (bicyclic) bond motifs is 1. The first kappa shape index (κ1) is 20.2. The number of hydrogen-bond acceptors (Lipinski definition) is 5. The van der Waals surface area contributed by atoms with E-state index in [0.29, 0.717) is 17.1 Å². The number of nitrogens with one attached hydrogen (secondary N) is 1. The van der Waals surface area contributed by atoms with E-state index in [2.05, 4.69) is 4.98 Å². The minimum absolute atomic E-state index is 0.243. The van der Waals surface area contributed by atoms with Crippen LogP contribution in [0, 0.1) is 6.92 Å². The Bertz CT molecular complexity index is 1080. The summed E-state index contributed by atoms with van der Waals surface area (Å²) in [7, 11) is 3.10. The first-order chi connectivity index (χ1) is 13.9. The molecule has 150 valence electrons. The predicted molar refractivity (Wildman–Crippen MR) is 112 cm³/mol. The van der Waals surface area contributed by atoms with Gasteiger partial charge in [-0.2, -0.15) is 0 Å². The number of hydrogen-bond donors (Lipinski definition) is 1. The molecule has 0 bridgehead atoms. The average Bonchev–Trinajstić information content (AvgIpc) is 3.06. The van der Waals surface area contributed by atoms with Crippen LogP contribution in [0.15, 0.2) is 48.5 Å². The Morgan fingerprint density at radius 2 is 1.76 bits per heavy atom. The summed E-state index contributed by atoms with van der Waals surface area (Å²) in [4.78, 5) is 28.2. The van der Waals surface area contributed by atoms with Crippen molar-refractivity contribution in [1.29, 1.82) is 0 Å². The molecule has 3 aromatic rings. The van der Waals surface area contributed by atoms with Crippen LogP contribution < -0.4 is 9.47 Å². The predicted octanol–water partition coefficient (Wildman–Crippen LogP) is 4.32. The van der Waals surface area contributed by atoms with Gasteiger partial charge in [-0.1, -0.05) is 24.3 Å². The van der Waals surface area contributed by atoms with Gasteiger partial charge in [-0.3, -0.25) is 4.79 Å². The molecular weight excluding hydrogens is 370 g/mol. The van der Waals surface area contributed by atoms with E-state index in [4.69, 9.17) is 14.2 Å². The van der Waals surface area contributed by atoms with E-state index in [9.17, 15) is 9.59 Å². The molecule has 0 fully saturated rings. The van der Waals surface area contributed by atoms with Crippen LogP contribution in [0.5, 0.6) is 11.5 Å². The van der Waals surface area contributed by atoms with E-state index in [1.807, 2.05) is 31.2 Å². The molecule has 0 spiro atoms. The standard InChI is InChI=1S/C23H23NO5/c1-14-22(17-7-5-6-8-18(17)24-14)23(26)15(2)29-21(25)12-10-16-9-11-19(27-3)20(13-16)28-4/h5-13,15,24H,1-4H3/b12-10+/t15-/m1/s1. The fourth-order valence-electron chi connectivity index (χ4n) is 3.19. The van der Waals surface area contributed by atoms with Crippen LogP contribution in [0.3, 0.4) is 0 Å². The molecule has 0 saturated carbocycles. The molecule has 0 radical (unpaired) electrons. The summed E-state index contributed by atoms with van der Waals surface area (Å²) in [5.74, 6) is 0.313. The monoisotopic (exact) mass is 393 g/mol. The van der Waals surface area contributed by atoms with Crippen LogP contribution in [-0.2, 0) is 9.53 Å². The molecule has 1 aromatic heterocycles. The third kappa shape index (κ3) is 4.32. The number of ether oxygens (including phenoxy) is 3. The average molecular weight is 393 g/mol. The van der Waals surface area contributed by atoms with E-state index in [1.54, 1.807) is 45.4 Å². The van der Waals surface area contributed by atoms with Crippen LogP contribution in [0.1, 0.15) is 28.5 Å². The van der Waals surface area contributed by atoms with Crippen molar-refractivity contribution in [3.8, 4) is 11.5 Å². The van der Waals surface area contributed by atoms with Gasteiger partial charge in [-0.05, 0) is 43.7 Å². The van der Waals surface area contributed by atoms with E-state index in [0.717, 1.165) is 22.2 Å². The van der Waals surface area contributed by atoms with Gasteiger partial charge in [0, 0.05) is 28.2 Å².